The van der Waals surface area contributed by atoms with Crippen molar-refractivity contribution in [2.45, 2.75) is 150 Å². The summed E-state index contributed by atoms with van der Waals surface area (Å²) in [7, 11) is 0. The van der Waals surface area contributed by atoms with Gasteiger partial charge < -0.3 is 9.71 Å². The van der Waals surface area contributed by atoms with Gasteiger partial charge in [-0.25, -0.2) is 0 Å². The summed E-state index contributed by atoms with van der Waals surface area (Å²) in [4.78, 5) is 5.55. The minimum atomic E-state index is -0.0733. The van der Waals surface area contributed by atoms with E-state index < -0.39 is 0 Å². The molecule has 7 aromatic carbocycles. The van der Waals surface area contributed by atoms with E-state index in [-0.39, 0.29) is 33.9 Å². The lowest BCUT2D eigenvalue weighted by Gasteiger charge is -2.47. The van der Waals surface area contributed by atoms with Gasteiger partial charge in [0.05, 0.1) is 5.69 Å². The maximum atomic E-state index is 2.79. The molecule has 0 amide bonds. The Hall–Kier alpha value is -5.58. The van der Waals surface area contributed by atoms with Gasteiger partial charge in [-0.2, -0.15) is 0 Å². The molecule has 0 bridgehead atoms. The van der Waals surface area contributed by atoms with E-state index in [9.17, 15) is 0 Å². The molecule has 0 unspecified atom stereocenters. The van der Waals surface area contributed by atoms with Crippen LogP contribution < -0.4 is 20.0 Å². The molecule has 12 rings (SSSR count). The van der Waals surface area contributed by atoms with Crippen LogP contribution in [-0.2, 0) is 27.1 Å². The number of hydrogen-bond acceptors (Lipinski definition) is 3. The molecule has 4 heteroatoms. The lowest BCUT2D eigenvalue weighted by molar-refractivity contribution is 0.332. The van der Waals surface area contributed by atoms with Crippen molar-refractivity contribution in [2.24, 2.45) is 0 Å². The van der Waals surface area contributed by atoms with E-state index in [1.54, 1.807) is 0 Å². The Morgan fingerprint density at radius 3 is 1.75 bits per heavy atom. The zero-order chi connectivity index (χ0) is 48.5. The van der Waals surface area contributed by atoms with Crippen molar-refractivity contribution in [3.8, 4) is 22.3 Å². The molecule has 4 aliphatic rings. The van der Waals surface area contributed by atoms with Gasteiger partial charge in [-0.05, 0) is 188 Å². The van der Waals surface area contributed by atoms with Crippen molar-refractivity contribution >= 4 is 77.7 Å². The van der Waals surface area contributed by atoms with Crippen LogP contribution in [0, 0.1) is 20.8 Å². The molecule has 2 aliphatic heterocycles. The van der Waals surface area contributed by atoms with Crippen LogP contribution in [0.1, 0.15) is 146 Å². The van der Waals surface area contributed by atoms with Crippen molar-refractivity contribution in [1.29, 1.82) is 0 Å². The molecule has 0 N–H and O–H groups in total. The van der Waals surface area contributed by atoms with Crippen molar-refractivity contribution in [3.63, 3.8) is 0 Å². The SMILES string of the molecule is Cc1cc2c(cc1N1c3cc(-c4c(C)cccc4C)cc4c3B(c3sc5cc6c(cc5c31)C(C)(C)CCC6(C)C)N(c1ccc(C(C)(C)C)cc1)c1c-4ccc3ccccc13)C(C)(C)CCC2(C)C. The zero-order valence-corrected chi connectivity index (χ0v) is 44.5. The molecular formula is C65H69BN2S. The first-order valence-corrected chi connectivity index (χ1v) is 26.6. The number of hydrogen-bond donors (Lipinski definition) is 0. The third-order valence-electron chi connectivity index (χ3n) is 17.7. The summed E-state index contributed by atoms with van der Waals surface area (Å²) in [5.74, 6) is 0. The minimum absolute atomic E-state index is 0.0378. The Balaban J connectivity index is 1.27. The third-order valence-corrected chi connectivity index (χ3v) is 18.9. The van der Waals surface area contributed by atoms with E-state index in [0.717, 1.165) is 0 Å². The number of rotatable bonds is 3. The van der Waals surface area contributed by atoms with E-state index in [4.69, 9.17) is 0 Å². The summed E-state index contributed by atoms with van der Waals surface area (Å²) in [5, 5.41) is 3.94. The van der Waals surface area contributed by atoms with Gasteiger partial charge in [0.25, 0.3) is 0 Å². The van der Waals surface area contributed by atoms with Gasteiger partial charge in [0.1, 0.15) is 0 Å². The highest BCUT2D eigenvalue weighted by Gasteiger charge is 2.49. The van der Waals surface area contributed by atoms with Gasteiger partial charge >= 0.3 is 6.85 Å². The molecule has 2 nitrogen and oxygen atoms in total. The Kier molecular flexibility index (Phi) is 9.53. The first kappa shape index (κ1) is 44.6. The summed E-state index contributed by atoms with van der Waals surface area (Å²) >= 11 is 2.05. The van der Waals surface area contributed by atoms with E-state index in [1.165, 1.54) is 152 Å². The fourth-order valence-electron chi connectivity index (χ4n) is 13.3. The van der Waals surface area contributed by atoms with Crippen LogP contribution in [0.5, 0.6) is 0 Å². The average Bonchev–Trinajstić information content (AvgIpc) is 3.67. The maximum Gasteiger partial charge on any atom is 0.343 e. The highest BCUT2D eigenvalue weighted by molar-refractivity contribution is 7.32. The van der Waals surface area contributed by atoms with Crippen LogP contribution in [0.2, 0.25) is 0 Å². The highest BCUT2D eigenvalue weighted by Crippen LogP contribution is 2.57. The maximum absolute atomic E-state index is 2.79. The van der Waals surface area contributed by atoms with Crippen LogP contribution in [0.15, 0.2) is 115 Å². The molecule has 0 spiro atoms. The Bertz CT molecular complexity index is 3460. The fraction of sp³-hybridized carbons (Fsp3) is 0.354. The number of fused-ring (bicyclic) bond motifs is 10. The number of aryl methyl sites for hydroxylation is 3. The molecule has 1 aromatic heterocycles. The summed E-state index contributed by atoms with van der Waals surface area (Å²) in [6, 6.07) is 46.0. The lowest BCUT2D eigenvalue weighted by Crippen LogP contribution is -2.60. The Morgan fingerprint density at radius 1 is 0.522 bits per heavy atom. The predicted octanol–water partition coefficient (Wildman–Crippen LogP) is 17.3. The smallest absolute Gasteiger partial charge is 0.343 e. The van der Waals surface area contributed by atoms with Crippen LogP contribution in [0.4, 0.5) is 28.4 Å². The number of benzene rings is 7. The third kappa shape index (κ3) is 6.56. The highest BCUT2D eigenvalue weighted by atomic mass is 32.1. The van der Waals surface area contributed by atoms with E-state index in [0.29, 0.717) is 0 Å². The first-order valence-electron chi connectivity index (χ1n) is 25.8. The van der Waals surface area contributed by atoms with Gasteiger partial charge in [0.2, 0.25) is 0 Å². The minimum Gasteiger partial charge on any atom is -0.375 e. The van der Waals surface area contributed by atoms with Crippen molar-refractivity contribution in [3.05, 3.63) is 160 Å². The van der Waals surface area contributed by atoms with Crippen LogP contribution >= 0.6 is 11.3 Å². The summed E-state index contributed by atoms with van der Waals surface area (Å²) < 4.78 is 2.81. The lowest BCUT2D eigenvalue weighted by atomic mass is 9.46. The van der Waals surface area contributed by atoms with Gasteiger partial charge in [-0.3, -0.25) is 0 Å². The number of anilines is 5. The molecule has 2 aliphatic carbocycles. The number of nitrogens with zero attached hydrogens (tertiary/aromatic N) is 2. The van der Waals surface area contributed by atoms with Gasteiger partial charge in [-0.1, -0.05) is 149 Å². The van der Waals surface area contributed by atoms with Crippen LogP contribution in [-0.4, -0.2) is 6.85 Å². The van der Waals surface area contributed by atoms with Gasteiger partial charge in [0, 0.05) is 48.6 Å². The monoisotopic (exact) mass is 921 g/mol. The second-order valence-electron chi connectivity index (χ2n) is 25.2. The molecule has 69 heavy (non-hydrogen) atoms. The van der Waals surface area contributed by atoms with Crippen LogP contribution in [0.25, 0.3) is 43.1 Å². The molecule has 8 aromatic rings. The van der Waals surface area contributed by atoms with Crippen molar-refractivity contribution in [2.75, 3.05) is 9.71 Å². The molecule has 0 saturated carbocycles. The molecule has 0 saturated heterocycles. The van der Waals surface area contributed by atoms with Crippen molar-refractivity contribution < 1.29 is 0 Å². The molecule has 0 radical (unpaired) electrons. The second kappa shape index (κ2) is 14.7. The zero-order valence-electron chi connectivity index (χ0n) is 43.7. The number of thiophene rings is 1. The largest absolute Gasteiger partial charge is 0.375 e. The molecular weight excluding hydrogens is 852 g/mol. The van der Waals surface area contributed by atoms with E-state index in [2.05, 4.69) is 233 Å². The van der Waals surface area contributed by atoms with Crippen LogP contribution in [0.3, 0.4) is 0 Å². The Morgan fingerprint density at radius 2 is 1.12 bits per heavy atom. The molecule has 3 heterocycles. The summed E-state index contributed by atoms with van der Waals surface area (Å²) in [6.45, 7) is 33.8. The summed E-state index contributed by atoms with van der Waals surface area (Å²) in [6.07, 6.45) is 4.74. The van der Waals surface area contributed by atoms with E-state index >= 15 is 0 Å². The van der Waals surface area contributed by atoms with Crippen molar-refractivity contribution in [1.82, 2.24) is 0 Å². The average molecular weight is 921 g/mol. The van der Waals surface area contributed by atoms with Gasteiger partial charge in [-0.15, -0.1) is 11.3 Å². The van der Waals surface area contributed by atoms with Gasteiger partial charge in [0.15, 0.2) is 0 Å². The molecule has 0 atom stereocenters. The topological polar surface area (TPSA) is 6.48 Å². The Labute approximate surface area is 416 Å². The van der Waals surface area contributed by atoms with E-state index in [1.807, 2.05) is 0 Å². The molecule has 348 valence electrons. The standard InChI is InChI=1S/C65H69BN2S/c1-38-18-17-19-39(2)56(38)42-33-47-46-27-22-41-20-15-16-21-45(41)58(46)68(44-25-23-43(24-26-44)61(4,5)6)66-57(47)54(34-42)67(53-36-51-49(32-40(53)3)62(7,8)28-30-64(51,11)12)59-48-35-50-52(37-55(48)69-60(59)66)65(13,14)31-29-63(50,9)10/h15-27,32-37H,28-31H2,1-14H3. The normalized spacial score (nSPS) is 18.1. The second-order valence-corrected chi connectivity index (χ2v) is 26.3. The summed E-state index contributed by atoms with van der Waals surface area (Å²) in [5.41, 5.74) is 24.8. The fourth-order valence-corrected chi connectivity index (χ4v) is 14.6. The quantitative estimate of drug-likeness (QED) is 0.163. The predicted molar refractivity (Wildman–Crippen MR) is 302 cm³/mol. The first-order chi connectivity index (χ1) is 32.6. The molecule has 0 fully saturated rings.